The van der Waals surface area contributed by atoms with E-state index in [0.29, 0.717) is 34.6 Å². The molecule has 2 aromatic carbocycles. The largest absolute Gasteiger partial charge is 0.335 e. The van der Waals surface area contributed by atoms with Crippen molar-refractivity contribution >= 4 is 46.7 Å². The highest BCUT2D eigenvalue weighted by atomic mass is 35.5. The average molecular weight is 390 g/mol. The van der Waals surface area contributed by atoms with Crippen LogP contribution in [0, 0.1) is 0 Å². The number of halogens is 1. The van der Waals surface area contributed by atoms with Gasteiger partial charge in [-0.05, 0) is 61.4 Å². The standard InChI is InChI=1S/C19H20ClN3O2S/c20-13-1-9-17(10-2-13)26-12-11-18(24)21-14-3-5-15(6-4-14)22-19(25)23-16-7-8-16/h1-6,9-10,16H,7-8,11-12H2,(H,21,24)(H2,22,23,25). The van der Waals surface area contributed by atoms with E-state index in [9.17, 15) is 9.59 Å². The van der Waals surface area contributed by atoms with Crippen LogP contribution < -0.4 is 16.0 Å². The fraction of sp³-hybridized carbons (Fsp3) is 0.263. The molecule has 1 fully saturated rings. The number of rotatable bonds is 7. The molecule has 0 bridgehead atoms. The second-order valence-corrected chi connectivity index (χ2v) is 7.66. The maximum atomic E-state index is 12.0. The van der Waals surface area contributed by atoms with Crippen LogP contribution in [-0.4, -0.2) is 23.7 Å². The van der Waals surface area contributed by atoms with Gasteiger partial charge in [0.15, 0.2) is 0 Å². The molecule has 136 valence electrons. The number of thioether (sulfide) groups is 1. The first-order valence-corrected chi connectivity index (χ1v) is 9.81. The minimum absolute atomic E-state index is 0.0429. The number of carbonyl (C=O) groups is 2. The van der Waals surface area contributed by atoms with Gasteiger partial charge in [0, 0.05) is 39.5 Å². The zero-order chi connectivity index (χ0) is 18.4. The summed E-state index contributed by atoms with van der Waals surface area (Å²) in [6.45, 7) is 0. The first-order valence-electron chi connectivity index (χ1n) is 8.44. The van der Waals surface area contributed by atoms with Crippen LogP contribution >= 0.6 is 23.4 Å². The van der Waals surface area contributed by atoms with Crippen molar-refractivity contribution in [2.24, 2.45) is 0 Å². The van der Waals surface area contributed by atoms with Gasteiger partial charge in [0.1, 0.15) is 0 Å². The Bertz CT molecular complexity index is 761. The molecular weight excluding hydrogens is 370 g/mol. The topological polar surface area (TPSA) is 70.2 Å². The van der Waals surface area contributed by atoms with Crippen molar-refractivity contribution in [2.75, 3.05) is 16.4 Å². The molecule has 0 saturated heterocycles. The molecule has 0 atom stereocenters. The molecule has 7 heteroatoms. The summed E-state index contributed by atoms with van der Waals surface area (Å²) in [7, 11) is 0. The van der Waals surface area contributed by atoms with Crippen LogP contribution in [0.25, 0.3) is 0 Å². The van der Waals surface area contributed by atoms with Crippen molar-refractivity contribution in [2.45, 2.75) is 30.2 Å². The molecule has 3 N–H and O–H groups in total. The molecule has 3 rings (SSSR count). The van der Waals surface area contributed by atoms with Gasteiger partial charge in [-0.2, -0.15) is 0 Å². The lowest BCUT2D eigenvalue weighted by Gasteiger charge is -2.09. The summed E-state index contributed by atoms with van der Waals surface area (Å²) in [6, 6.07) is 14.8. The van der Waals surface area contributed by atoms with E-state index in [2.05, 4.69) is 16.0 Å². The van der Waals surface area contributed by atoms with Crippen molar-refractivity contribution in [3.63, 3.8) is 0 Å². The van der Waals surface area contributed by atoms with Crippen molar-refractivity contribution < 1.29 is 9.59 Å². The van der Waals surface area contributed by atoms with Gasteiger partial charge in [-0.1, -0.05) is 11.6 Å². The molecule has 3 amide bonds. The lowest BCUT2D eigenvalue weighted by Crippen LogP contribution is -2.30. The predicted molar refractivity (Wildman–Crippen MR) is 107 cm³/mol. The summed E-state index contributed by atoms with van der Waals surface area (Å²) in [5.74, 6) is 0.646. The van der Waals surface area contributed by atoms with Gasteiger partial charge >= 0.3 is 6.03 Å². The molecular formula is C19H20ClN3O2S. The summed E-state index contributed by atoms with van der Waals surface area (Å²) < 4.78 is 0. The Kier molecular flexibility index (Phi) is 6.41. The van der Waals surface area contributed by atoms with E-state index in [4.69, 9.17) is 11.6 Å². The molecule has 1 saturated carbocycles. The molecule has 5 nitrogen and oxygen atoms in total. The van der Waals surface area contributed by atoms with E-state index in [1.165, 1.54) is 0 Å². The third kappa shape index (κ3) is 6.28. The maximum absolute atomic E-state index is 12.0. The number of amides is 3. The Labute approximate surface area is 161 Å². The van der Waals surface area contributed by atoms with Crippen LogP contribution in [0.5, 0.6) is 0 Å². The van der Waals surface area contributed by atoms with Crippen LogP contribution in [0.2, 0.25) is 5.02 Å². The third-order valence-electron chi connectivity index (χ3n) is 3.75. The molecule has 0 radical (unpaired) electrons. The number of anilines is 2. The molecule has 0 aliphatic heterocycles. The highest BCUT2D eigenvalue weighted by molar-refractivity contribution is 7.99. The van der Waals surface area contributed by atoms with Gasteiger partial charge in [0.2, 0.25) is 5.91 Å². The molecule has 1 aliphatic rings. The SMILES string of the molecule is O=C(CCSc1ccc(Cl)cc1)Nc1ccc(NC(=O)NC2CC2)cc1. The van der Waals surface area contributed by atoms with Gasteiger partial charge < -0.3 is 16.0 Å². The monoisotopic (exact) mass is 389 g/mol. The van der Waals surface area contributed by atoms with Crippen LogP contribution in [-0.2, 0) is 4.79 Å². The molecule has 1 aliphatic carbocycles. The Hall–Kier alpha value is -2.18. The third-order valence-corrected chi connectivity index (χ3v) is 5.02. The lowest BCUT2D eigenvalue weighted by molar-refractivity contribution is -0.115. The fourth-order valence-electron chi connectivity index (χ4n) is 2.23. The second kappa shape index (κ2) is 8.96. The number of hydrogen-bond acceptors (Lipinski definition) is 3. The van der Waals surface area contributed by atoms with Crippen LogP contribution in [0.15, 0.2) is 53.4 Å². The quantitative estimate of drug-likeness (QED) is 0.599. The lowest BCUT2D eigenvalue weighted by atomic mass is 10.2. The van der Waals surface area contributed by atoms with E-state index < -0.39 is 0 Å². The van der Waals surface area contributed by atoms with Crippen LogP contribution in [0.1, 0.15) is 19.3 Å². The Morgan fingerprint density at radius 1 is 0.962 bits per heavy atom. The predicted octanol–water partition coefficient (Wildman–Crippen LogP) is 4.74. The normalized spacial score (nSPS) is 13.1. The Balaban J connectivity index is 1.39. The van der Waals surface area contributed by atoms with Crippen LogP contribution in [0.3, 0.4) is 0 Å². The summed E-state index contributed by atoms with van der Waals surface area (Å²) in [6.07, 6.45) is 2.51. The Morgan fingerprint density at radius 2 is 1.58 bits per heavy atom. The van der Waals surface area contributed by atoms with Crippen molar-refractivity contribution in [3.05, 3.63) is 53.6 Å². The zero-order valence-electron chi connectivity index (χ0n) is 14.1. The first-order chi connectivity index (χ1) is 12.6. The van der Waals surface area contributed by atoms with Gasteiger partial charge in [-0.3, -0.25) is 4.79 Å². The maximum Gasteiger partial charge on any atom is 0.319 e. The van der Waals surface area contributed by atoms with Gasteiger partial charge in [0.25, 0.3) is 0 Å². The summed E-state index contributed by atoms with van der Waals surface area (Å²) in [5.41, 5.74) is 1.40. The summed E-state index contributed by atoms with van der Waals surface area (Å²) in [5, 5.41) is 9.20. The molecule has 0 heterocycles. The number of benzene rings is 2. The van der Waals surface area contributed by atoms with Gasteiger partial charge in [-0.25, -0.2) is 4.79 Å². The average Bonchev–Trinajstić information content (AvgIpc) is 3.42. The number of urea groups is 1. The zero-order valence-corrected chi connectivity index (χ0v) is 15.7. The van der Waals surface area contributed by atoms with Crippen LogP contribution in [0.4, 0.5) is 16.2 Å². The summed E-state index contributed by atoms with van der Waals surface area (Å²) in [4.78, 5) is 24.8. The van der Waals surface area contributed by atoms with Crippen molar-refractivity contribution in [1.82, 2.24) is 5.32 Å². The van der Waals surface area contributed by atoms with E-state index in [1.54, 1.807) is 36.0 Å². The van der Waals surface area contributed by atoms with E-state index >= 15 is 0 Å². The minimum atomic E-state index is -0.191. The van der Waals surface area contributed by atoms with Crippen molar-refractivity contribution in [3.8, 4) is 0 Å². The molecule has 0 spiro atoms. The van der Waals surface area contributed by atoms with E-state index in [-0.39, 0.29) is 11.9 Å². The molecule has 0 aromatic heterocycles. The van der Waals surface area contributed by atoms with Crippen molar-refractivity contribution in [1.29, 1.82) is 0 Å². The van der Waals surface area contributed by atoms with Gasteiger partial charge in [0.05, 0.1) is 0 Å². The summed E-state index contributed by atoms with van der Waals surface area (Å²) >= 11 is 7.46. The fourth-order valence-corrected chi connectivity index (χ4v) is 3.21. The Morgan fingerprint density at radius 3 is 2.19 bits per heavy atom. The highest BCUT2D eigenvalue weighted by Crippen LogP contribution is 2.22. The smallest absolute Gasteiger partial charge is 0.319 e. The first kappa shape index (κ1) is 18.6. The molecule has 2 aromatic rings. The minimum Gasteiger partial charge on any atom is -0.335 e. The number of hydrogen-bond donors (Lipinski definition) is 3. The van der Waals surface area contributed by atoms with E-state index in [1.807, 2.05) is 24.3 Å². The number of carbonyl (C=O) groups excluding carboxylic acids is 2. The molecule has 26 heavy (non-hydrogen) atoms. The highest BCUT2D eigenvalue weighted by Gasteiger charge is 2.23. The number of nitrogens with one attached hydrogen (secondary N) is 3. The second-order valence-electron chi connectivity index (χ2n) is 6.05. The molecule has 0 unspecified atom stereocenters. The van der Waals surface area contributed by atoms with Gasteiger partial charge in [-0.15, -0.1) is 11.8 Å². The van der Waals surface area contributed by atoms with E-state index in [0.717, 1.165) is 17.7 Å².